The molecule has 3 rings (SSSR count). The van der Waals surface area contributed by atoms with Crippen molar-refractivity contribution >= 4 is 29.7 Å². The van der Waals surface area contributed by atoms with E-state index in [1.807, 2.05) is 17.6 Å². The highest BCUT2D eigenvalue weighted by atomic mass is 32.2. The maximum atomic E-state index is 12.4. The van der Waals surface area contributed by atoms with E-state index in [4.69, 9.17) is 9.47 Å². The lowest BCUT2D eigenvalue weighted by Gasteiger charge is -2.29. The zero-order valence-corrected chi connectivity index (χ0v) is 21.7. The molecule has 1 aromatic heterocycles. The maximum Gasteiger partial charge on any atom is 0.244 e. The van der Waals surface area contributed by atoms with Crippen LogP contribution in [0.3, 0.4) is 0 Å². The molecule has 190 valence electrons. The lowest BCUT2D eigenvalue weighted by Crippen LogP contribution is -2.41. The van der Waals surface area contributed by atoms with Crippen molar-refractivity contribution < 1.29 is 19.1 Å². The molecule has 1 saturated carbocycles. The molecule has 2 N–H and O–H groups in total. The van der Waals surface area contributed by atoms with Crippen molar-refractivity contribution in [2.24, 2.45) is 5.92 Å². The van der Waals surface area contributed by atoms with Crippen LogP contribution in [0.25, 0.3) is 6.08 Å². The average molecular weight is 502 g/mol. The molecule has 9 nitrogen and oxygen atoms in total. The molecule has 0 unspecified atom stereocenters. The van der Waals surface area contributed by atoms with Gasteiger partial charge in [0.25, 0.3) is 0 Å². The molecule has 10 heteroatoms. The number of methoxy groups -OCH3 is 2. The van der Waals surface area contributed by atoms with Crippen LogP contribution < -0.4 is 20.1 Å². The smallest absolute Gasteiger partial charge is 0.244 e. The fourth-order valence-electron chi connectivity index (χ4n) is 4.14. The summed E-state index contributed by atoms with van der Waals surface area (Å²) in [4.78, 5) is 24.8. The Labute approximate surface area is 211 Å². The van der Waals surface area contributed by atoms with E-state index >= 15 is 0 Å². The summed E-state index contributed by atoms with van der Waals surface area (Å²) >= 11 is 1.37. The first-order valence-corrected chi connectivity index (χ1v) is 13.0. The Morgan fingerprint density at radius 1 is 1.17 bits per heavy atom. The molecule has 0 saturated heterocycles. The van der Waals surface area contributed by atoms with Crippen molar-refractivity contribution in [3.8, 4) is 11.5 Å². The topological polar surface area (TPSA) is 107 Å². The Kier molecular flexibility index (Phi) is 10.0. The first-order valence-electron chi connectivity index (χ1n) is 12.0. The number of ether oxygens (including phenoxy) is 2. The van der Waals surface area contributed by atoms with Gasteiger partial charge in [0.15, 0.2) is 22.5 Å². The van der Waals surface area contributed by atoms with E-state index in [2.05, 4.69) is 27.8 Å². The number of hydrogen-bond donors (Lipinski definition) is 2. The number of aromatic nitrogens is 3. The number of benzene rings is 1. The SMILES string of the molecule is CCn1c(CNC(=O)/C=C/c2ccc(OC)c(OC)c2)nnc1SCC(=O)N[C@@H]1CCCC[C@@H]1C. The van der Waals surface area contributed by atoms with E-state index < -0.39 is 0 Å². The quantitative estimate of drug-likeness (QED) is 0.359. The highest BCUT2D eigenvalue weighted by Gasteiger charge is 2.23. The lowest BCUT2D eigenvalue weighted by atomic mass is 9.86. The molecule has 2 aromatic rings. The minimum atomic E-state index is -0.249. The average Bonchev–Trinajstić information content (AvgIpc) is 3.27. The van der Waals surface area contributed by atoms with E-state index in [1.165, 1.54) is 37.1 Å². The summed E-state index contributed by atoms with van der Waals surface area (Å²) in [6, 6.07) is 5.69. The monoisotopic (exact) mass is 501 g/mol. The Morgan fingerprint density at radius 2 is 1.94 bits per heavy atom. The Balaban J connectivity index is 1.51. The number of carbonyl (C=O) groups excluding carboxylic acids is 2. The van der Waals surface area contributed by atoms with Crippen LogP contribution in [0.2, 0.25) is 0 Å². The van der Waals surface area contributed by atoms with Gasteiger partial charge in [0.2, 0.25) is 11.8 Å². The predicted octanol–water partition coefficient (Wildman–Crippen LogP) is 3.43. The highest BCUT2D eigenvalue weighted by molar-refractivity contribution is 7.99. The first kappa shape index (κ1) is 26.6. The van der Waals surface area contributed by atoms with Gasteiger partial charge < -0.3 is 24.7 Å². The molecule has 0 bridgehead atoms. The van der Waals surface area contributed by atoms with Gasteiger partial charge in [-0.1, -0.05) is 37.6 Å². The summed E-state index contributed by atoms with van der Waals surface area (Å²) < 4.78 is 12.4. The van der Waals surface area contributed by atoms with Gasteiger partial charge in [-0.15, -0.1) is 10.2 Å². The fourth-order valence-corrected chi connectivity index (χ4v) is 4.97. The third kappa shape index (κ3) is 7.48. The molecule has 1 fully saturated rings. The van der Waals surface area contributed by atoms with Gasteiger partial charge in [-0.25, -0.2) is 0 Å². The van der Waals surface area contributed by atoms with Crippen LogP contribution >= 0.6 is 11.8 Å². The largest absolute Gasteiger partial charge is 0.493 e. The van der Waals surface area contributed by atoms with Crippen molar-refractivity contribution in [2.75, 3.05) is 20.0 Å². The van der Waals surface area contributed by atoms with Crippen molar-refractivity contribution in [3.63, 3.8) is 0 Å². The van der Waals surface area contributed by atoms with Gasteiger partial charge in [0.05, 0.1) is 26.5 Å². The molecule has 1 aromatic carbocycles. The molecule has 0 spiro atoms. The van der Waals surface area contributed by atoms with Crippen LogP contribution in [0.1, 0.15) is 50.9 Å². The summed E-state index contributed by atoms with van der Waals surface area (Å²) in [6.07, 6.45) is 7.79. The van der Waals surface area contributed by atoms with E-state index in [-0.39, 0.29) is 24.4 Å². The van der Waals surface area contributed by atoms with E-state index in [9.17, 15) is 9.59 Å². The third-order valence-corrected chi connectivity index (χ3v) is 7.12. The van der Waals surface area contributed by atoms with Crippen LogP contribution in [0.4, 0.5) is 0 Å². The van der Waals surface area contributed by atoms with Gasteiger partial charge in [-0.3, -0.25) is 9.59 Å². The molecule has 1 aliphatic rings. The third-order valence-electron chi connectivity index (χ3n) is 6.16. The molecule has 0 aliphatic heterocycles. The van der Waals surface area contributed by atoms with Crippen molar-refractivity contribution in [2.45, 2.75) is 63.8 Å². The van der Waals surface area contributed by atoms with E-state index in [0.29, 0.717) is 40.7 Å². The number of nitrogens with zero attached hydrogens (tertiary/aromatic N) is 3. The number of nitrogens with one attached hydrogen (secondary N) is 2. The standard InChI is InChI=1S/C25H35N5O4S/c1-5-30-22(15-26-23(31)13-11-18-10-12-20(33-3)21(14-18)34-4)28-29-25(30)35-16-24(32)27-19-9-7-6-8-17(19)2/h10-14,17,19H,5-9,15-16H2,1-4H3,(H,26,31)(H,27,32)/b13-11+/t17-,19+/m0/s1. The van der Waals surface area contributed by atoms with Crippen LogP contribution in [-0.4, -0.2) is 52.6 Å². The van der Waals surface area contributed by atoms with Gasteiger partial charge in [0.1, 0.15) is 0 Å². The van der Waals surface area contributed by atoms with Crippen LogP contribution in [0.15, 0.2) is 29.4 Å². The second-order valence-corrected chi connectivity index (χ2v) is 9.48. The lowest BCUT2D eigenvalue weighted by molar-refractivity contribution is -0.120. The zero-order chi connectivity index (χ0) is 25.2. The number of amides is 2. The molecule has 2 atom stereocenters. The molecule has 1 aliphatic carbocycles. The number of rotatable bonds is 11. The molecular weight excluding hydrogens is 466 g/mol. The van der Waals surface area contributed by atoms with Crippen molar-refractivity contribution in [1.82, 2.24) is 25.4 Å². The van der Waals surface area contributed by atoms with Crippen LogP contribution in [0, 0.1) is 5.92 Å². The minimum Gasteiger partial charge on any atom is -0.493 e. The van der Waals surface area contributed by atoms with E-state index in [1.54, 1.807) is 32.4 Å². The van der Waals surface area contributed by atoms with Crippen molar-refractivity contribution in [1.29, 1.82) is 0 Å². The zero-order valence-electron chi connectivity index (χ0n) is 20.9. The van der Waals surface area contributed by atoms with E-state index in [0.717, 1.165) is 12.0 Å². The molecule has 0 radical (unpaired) electrons. The Hall–Kier alpha value is -3.01. The summed E-state index contributed by atoms with van der Waals surface area (Å²) in [5.41, 5.74) is 0.814. The number of carbonyl (C=O) groups is 2. The summed E-state index contributed by atoms with van der Waals surface area (Å²) in [6.45, 7) is 5.07. The number of hydrogen-bond acceptors (Lipinski definition) is 7. The predicted molar refractivity (Wildman–Crippen MR) is 136 cm³/mol. The van der Waals surface area contributed by atoms with Gasteiger partial charge in [-0.2, -0.15) is 0 Å². The molecule has 2 amide bonds. The number of thioether (sulfide) groups is 1. The first-order chi connectivity index (χ1) is 16.9. The highest BCUT2D eigenvalue weighted by Crippen LogP contribution is 2.28. The second-order valence-electron chi connectivity index (χ2n) is 8.53. The van der Waals surface area contributed by atoms with Gasteiger partial charge in [0, 0.05) is 18.7 Å². The minimum absolute atomic E-state index is 0.0227. The normalized spacial score (nSPS) is 17.8. The van der Waals surface area contributed by atoms with Crippen LogP contribution in [-0.2, 0) is 22.7 Å². The molecular formula is C25H35N5O4S. The molecule has 1 heterocycles. The second kappa shape index (κ2) is 13.2. The summed E-state index contributed by atoms with van der Waals surface area (Å²) in [7, 11) is 3.14. The summed E-state index contributed by atoms with van der Waals surface area (Å²) in [5, 5.41) is 15.1. The van der Waals surface area contributed by atoms with Gasteiger partial charge in [-0.05, 0) is 49.5 Å². The summed E-state index contributed by atoms with van der Waals surface area (Å²) in [5.74, 6) is 2.45. The van der Waals surface area contributed by atoms with Gasteiger partial charge >= 0.3 is 0 Å². The maximum absolute atomic E-state index is 12.4. The van der Waals surface area contributed by atoms with Crippen LogP contribution in [0.5, 0.6) is 11.5 Å². The Bertz CT molecular complexity index is 1040. The van der Waals surface area contributed by atoms with Crippen molar-refractivity contribution in [3.05, 3.63) is 35.7 Å². The molecule has 35 heavy (non-hydrogen) atoms. The fraction of sp³-hybridized carbons (Fsp3) is 0.520. The Morgan fingerprint density at radius 3 is 2.66 bits per heavy atom.